The number of aryl methyl sites for hydroxylation is 1. The lowest BCUT2D eigenvalue weighted by Gasteiger charge is -2.36. The standard InChI is InChI=1S/C33H43N7O2/c1-24-7-4-8-25-9-5-11-30(31(24)25)40-19-14-28-29(21-40)36-33(42-22-27-10-6-16-38(27)2)37-32(28)39-17-12-26(13-18-39)35-23-34-15-20-41-3/h4-5,7-9,11,26-27H,6,10,12-22H2,1-3H3/t27-/m0/s1. The molecule has 0 saturated carbocycles. The van der Waals surface area contributed by atoms with E-state index in [2.05, 4.69) is 81.1 Å². The predicted octanol–water partition coefficient (Wildman–Crippen LogP) is 4.76. The Morgan fingerprint density at radius 2 is 1.83 bits per heavy atom. The number of ether oxygens (including phenoxy) is 2. The molecule has 3 aliphatic rings. The van der Waals surface area contributed by atoms with Crippen LogP contribution in [0.2, 0.25) is 0 Å². The van der Waals surface area contributed by atoms with E-state index in [1.54, 1.807) is 7.11 Å². The average molecular weight is 570 g/mol. The lowest BCUT2D eigenvalue weighted by atomic mass is 9.99. The normalized spacial score (nSPS) is 19.5. The highest BCUT2D eigenvalue weighted by atomic mass is 16.5. The van der Waals surface area contributed by atoms with Crippen molar-refractivity contribution < 1.29 is 9.47 Å². The van der Waals surface area contributed by atoms with Gasteiger partial charge < -0.3 is 24.2 Å². The molecular formula is C33H43N7O2. The van der Waals surface area contributed by atoms with Crippen LogP contribution in [0.3, 0.4) is 0 Å². The zero-order chi connectivity index (χ0) is 28.9. The van der Waals surface area contributed by atoms with Crippen LogP contribution < -0.4 is 14.5 Å². The number of nitrogens with zero attached hydrogens (tertiary/aromatic N) is 7. The van der Waals surface area contributed by atoms with Gasteiger partial charge in [0.1, 0.15) is 12.4 Å². The maximum Gasteiger partial charge on any atom is 0.318 e. The Hall–Kier alpha value is -3.52. The second kappa shape index (κ2) is 13.2. The molecule has 1 aromatic heterocycles. The number of anilines is 2. The number of benzene rings is 2. The summed E-state index contributed by atoms with van der Waals surface area (Å²) in [6, 6.07) is 17.2. The Balaban J connectivity index is 1.25. The number of hydrogen-bond donors (Lipinski definition) is 0. The Kier molecular flexibility index (Phi) is 8.98. The third-order valence-electron chi connectivity index (χ3n) is 9.01. The Morgan fingerprint density at radius 3 is 2.62 bits per heavy atom. The molecule has 9 heteroatoms. The van der Waals surface area contributed by atoms with Gasteiger partial charge in [0.05, 0.1) is 37.4 Å². The summed E-state index contributed by atoms with van der Waals surface area (Å²) in [5.41, 5.74) is 4.92. The van der Waals surface area contributed by atoms with Crippen LogP contribution in [0, 0.1) is 6.92 Å². The molecule has 0 amide bonds. The van der Waals surface area contributed by atoms with Crippen molar-refractivity contribution in [2.24, 2.45) is 9.98 Å². The molecule has 0 spiro atoms. The fourth-order valence-corrected chi connectivity index (χ4v) is 6.57. The summed E-state index contributed by atoms with van der Waals surface area (Å²) in [6.45, 7) is 8.62. The number of likely N-dealkylation sites (N-methyl/N-ethyl adjacent to an activating group) is 1. The van der Waals surface area contributed by atoms with Crippen LogP contribution in [-0.4, -0.2) is 93.1 Å². The number of piperidine rings is 1. The Labute approximate surface area is 249 Å². The van der Waals surface area contributed by atoms with Crippen molar-refractivity contribution in [1.29, 1.82) is 0 Å². The molecule has 2 aromatic carbocycles. The third-order valence-corrected chi connectivity index (χ3v) is 9.01. The molecule has 2 fully saturated rings. The number of hydrogen-bond acceptors (Lipinski definition) is 9. The lowest BCUT2D eigenvalue weighted by Crippen LogP contribution is -2.39. The van der Waals surface area contributed by atoms with Gasteiger partial charge in [-0.1, -0.05) is 30.3 Å². The van der Waals surface area contributed by atoms with Gasteiger partial charge in [0.25, 0.3) is 0 Å². The van der Waals surface area contributed by atoms with Gasteiger partial charge in [-0.3, -0.25) is 0 Å². The van der Waals surface area contributed by atoms with Crippen LogP contribution in [0.15, 0.2) is 46.4 Å². The quantitative estimate of drug-likeness (QED) is 0.272. The average Bonchev–Trinajstić information content (AvgIpc) is 3.43. The zero-order valence-corrected chi connectivity index (χ0v) is 25.3. The fraction of sp³-hybridized carbons (Fsp3) is 0.545. The van der Waals surface area contributed by atoms with Crippen molar-refractivity contribution in [2.45, 2.75) is 57.7 Å². The van der Waals surface area contributed by atoms with Gasteiger partial charge in [-0.15, -0.1) is 0 Å². The highest BCUT2D eigenvalue weighted by Gasteiger charge is 2.29. The maximum atomic E-state index is 6.33. The van der Waals surface area contributed by atoms with Crippen LogP contribution in [0.4, 0.5) is 11.5 Å². The summed E-state index contributed by atoms with van der Waals surface area (Å²) < 4.78 is 11.4. The van der Waals surface area contributed by atoms with Gasteiger partial charge in [0.15, 0.2) is 0 Å². The van der Waals surface area contributed by atoms with Crippen molar-refractivity contribution >= 4 is 28.3 Å². The van der Waals surface area contributed by atoms with E-state index in [1.807, 2.05) is 0 Å². The molecule has 0 unspecified atom stereocenters. The summed E-state index contributed by atoms with van der Waals surface area (Å²) in [4.78, 5) is 26.2. The maximum absolute atomic E-state index is 6.33. The molecule has 222 valence electrons. The van der Waals surface area contributed by atoms with Crippen molar-refractivity contribution in [3.8, 4) is 6.01 Å². The number of rotatable bonds is 9. The monoisotopic (exact) mass is 569 g/mol. The molecule has 3 aliphatic heterocycles. The second-order valence-electron chi connectivity index (χ2n) is 11.8. The van der Waals surface area contributed by atoms with Gasteiger partial charge in [-0.2, -0.15) is 9.97 Å². The molecule has 0 aliphatic carbocycles. The first-order chi connectivity index (χ1) is 20.6. The number of aliphatic imine (C=N–C) groups is 2. The van der Waals surface area contributed by atoms with E-state index in [9.17, 15) is 0 Å². The van der Waals surface area contributed by atoms with Crippen LogP contribution in [0.5, 0.6) is 6.01 Å². The molecule has 9 nitrogen and oxygen atoms in total. The minimum atomic E-state index is 0.240. The molecule has 4 heterocycles. The van der Waals surface area contributed by atoms with E-state index in [-0.39, 0.29) is 6.04 Å². The van der Waals surface area contributed by atoms with Crippen LogP contribution >= 0.6 is 0 Å². The summed E-state index contributed by atoms with van der Waals surface area (Å²) in [5.74, 6) is 1.04. The van der Waals surface area contributed by atoms with Crippen molar-refractivity contribution in [2.75, 3.05) is 69.9 Å². The zero-order valence-electron chi connectivity index (χ0n) is 25.3. The molecule has 2 saturated heterocycles. The minimum absolute atomic E-state index is 0.240. The fourth-order valence-electron chi connectivity index (χ4n) is 6.57. The SMILES string of the molecule is COCCN=C=NC1CCN(c2nc(OC[C@@H]3CCCN3C)nc3c2CCN(c2cccc4cccc(C)c24)C3)CC1. The van der Waals surface area contributed by atoms with Crippen LogP contribution in [0.1, 0.15) is 42.5 Å². The summed E-state index contributed by atoms with van der Waals surface area (Å²) in [7, 11) is 3.86. The molecule has 1 atom stereocenters. The molecular weight excluding hydrogens is 526 g/mol. The van der Waals surface area contributed by atoms with Crippen LogP contribution in [-0.2, 0) is 17.7 Å². The van der Waals surface area contributed by atoms with E-state index in [0.29, 0.717) is 31.8 Å². The van der Waals surface area contributed by atoms with Crippen molar-refractivity contribution in [3.63, 3.8) is 0 Å². The minimum Gasteiger partial charge on any atom is -0.462 e. The van der Waals surface area contributed by atoms with Crippen molar-refractivity contribution in [1.82, 2.24) is 14.9 Å². The van der Waals surface area contributed by atoms with E-state index in [4.69, 9.17) is 19.4 Å². The molecule has 0 radical (unpaired) electrons. The highest BCUT2D eigenvalue weighted by Crippen LogP contribution is 2.36. The Morgan fingerprint density at radius 1 is 1.00 bits per heavy atom. The first-order valence-corrected chi connectivity index (χ1v) is 15.4. The smallest absolute Gasteiger partial charge is 0.318 e. The van der Waals surface area contributed by atoms with E-state index < -0.39 is 0 Å². The van der Waals surface area contributed by atoms with E-state index in [1.165, 1.54) is 34.0 Å². The highest BCUT2D eigenvalue weighted by molar-refractivity contribution is 5.97. The van der Waals surface area contributed by atoms with Gasteiger partial charge in [0.2, 0.25) is 0 Å². The summed E-state index contributed by atoms with van der Waals surface area (Å²) >= 11 is 0. The third kappa shape index (κ3) is 6.28. The Bertz CT molecular complexity index is 1440. The number of fused-ring (bicyclic) bond motifs is 2. The van der Waals surface area contributed by atoms with Crippen molar-refractivity contribution in [3.05, 3.63) is 53.2 Å². The summed E-state index contributed by atoms with van der Waals surface area (Å²) in [5, 5.41) is 2.60. The molecule has 0 N–H and O–H groups in total. The van der Waals surface area contributed by atoms with Crippen LogP contribution in [0.25, 0.3) is 10.8 Å². The van der Waals surface area contributed by atoms with E-state index >= 15 is 0 Å². The second-order valence-corrected chi connectivity index (χ2v) is 11.8. The van der Waals surface area contributed by atoms with E-state index in [0.717, 1.165) is 69.9 Å². The van der Waals surface area contributed by atoms with Gasteiger partial charge in [-0.25, -0.2) is 9.98 Å². The molecule has 3 aromatic rings. The largest absolute Gasteiger partial charge is 0.462 e. The lowest BCUT2D eigenvalue weighted by molar-refractivity contribution is 0.187. The molecule has 42 heavy (non-hydrogen) atoms. The van der Waals surface area contributed by atoms with Gasteiger partial charge in [0, 0.05) is 49.4 Å². The topological polar surface area (TPSA) is 78.7 Å². The predicted molar refractivity (Wildman–Crippen MR) is 168 cm³/mol. The number of aromatic nitrogens is 2. The number of methoxy groups -OCH3 is 1. The van der Waals surface area contributed by atoms with Gasteiger partial charge >= 0.3 is 6.01 Å². The molecule has 0 bridgehead atoms. The molecule has 6 rings (SSSR count). The first kappa shape index (κ1) is 28.6. The summed E-state index contributed by atoms with van der Waals surface area (Å²) in [6.07, 6.45) is 5.19. The number of likely N-dealkylation sites (tertiary alicyclic amines) is 1. The first-order valence-electron chi connectivity index (χ1n) is 15.4. The van der Waals surface area contributed by atoms with Gasteiger partial charge in [-0.05, 0) is 69.6 Å².